The lowest BCUT2D eigenvalue weighted by Gasteiger charge is -2.16. The molecular formula is C22H24F2N2O4. The highest BCUT2D eigenvalue weighted by Gasteiger charge is 2.13. The molecule has 8 heteroatoms. The van der Waals surface area contributed by atoms with Crippen LogP contribution in [0, 0.1) is 13.8 Å². The third-order valence-corrected chi connectivity index (χ3v) is 4.46. The Balaban J connectivity index is 1.98. The topological polar surface area (TPSA) is 67.9 Å². The first-order valence-corrected chi connectivity index (χ1v) is 9.13. The van der Waals surface area contributed by atoms with Crippen LogP contribution >= 0.6 is 0 Å². The summed E-state index contributed by atoms with van der Waals surface area (Å²) in [7, 11) is 2.84. The Bertz CT molecular complexity index is 945. The van der Waals surface area contributed by atoms with E-state index in [1.54, 1.807) is 6.07 Å². The molecule has 0 aliphatic carbocycles. The molecule has 6 nitrogen and oxygen atoms in total. The van der Waals surface area contributed by atoms with Gasteiger partial charge in [0.15, 0.2) is 11.5 Å². The molecule has 0 aliphatic heterocycles. The third kappa shape index (κ3) is 6.30. The largest absolute Gasteiger partial charge is 0.493 e. The summed E-state index contributed by atoms with van der Waals surface area (Å²) in [5.74, 6) is -0.691. The van der Waals surface area contributed by atoms with Crippen molar-refractivity contribution in [1.29, 1.82) is 0 Å². The number of hydrogen-bond acceptors (Lipinski definition) is 4. The van der Waals surface area contributed by atoms with Crippen LogP contribution in [0.25, 0.3) is 6.08 Å². The molecule has 0 radical (unpaired) electrons. The van der Waals surface area contributed by atoms with E-state index in [-0.39, 0.29) is 24.0 Å². The van der Waals surface area contributed by atoms with Gasteiger partial charge >= 0.3 is 6.61 Å². The summed E-state index contributed by atoms with van der Waals surface area (Å²) < 4.78 is 34.2. The van der Waals surface area contributed by atoms with Crippen molar-refractivity contribution in [2.45, 2.75) is 20.5 Å². The number of nitrogens with zero attached hydrogens (tertiary/aromatic N) is 1. The van der Waals surface area contributed by atoms with E-state index in [1.165, 1.54) is 49.4 Å². The van der Waals surface area contributed by atoms with E-state index in [1.807, 2.05) is 26.0 Å². The van der Waals surface area contributed by atoms with Crippen molar-refractivity contribution in [2.24, 2.45) is 0 Å². The molecule has 2 aromatic rings. The normalized spacial score (nSPS) is 10.9. The van der Waals surface area contributed by atoms with E-state index in [9.17, 15) is 18.4 Å². The Morgan fingerprint density at radius 2 is 1.90 bits per heavy atom. The van der Waals surface area contributed by atoms with E-state index in [0.29, 0.717) is 11.3 Å². The molecule has 0 aliphatic rings. The van der Waals surface area contributed by atoms with Gasteiger partial charge in [-0.05, 0) is 54.8 Å². The summed E-state index contributed by atoms with van der Waals surface area (Å²) in [6.07, 6.45) is 2.78. The lowest BCUT2D eigenvalue weighted by molar-refractivity contribution is -0.129. The number of amides is 2. The third-order valence-electron chi connectivity index (χ3n) is 4.46. The highest BCUT2D eigenvalue weighted by atomic mass is 19.3. The van der Waals surface area contributed by atoms with E-state index in [0.717, 1.165) is 11.1 Å². The maximum Gasteiger partial charge on any atom is 0.387 e. The number of ether oxygens (including phenoxy) is 2. The van der Waals surface area contributed by atoms with Crippen molar-refractivity contribution in [1.82, 2.24) is 4.90 Å². The van der Waals surface area contributed by atoms with Crippen LogP contribution in [0.3, 0.4) is 0 Å². The minimum absolute atomic E-state index is 0.101. The smallest absolute Gasteiger partial charge is 0.387 e. The Labute approximate surface area is 174 Å². The van der Waals surface area contributed by atoms with Gasteiger partial charge in [-0.15, -0.1) is 0 Å². The molecule has 0 fully saturated rings. The molecule has 2 aromatic carbocycles. The second-order valence-electron chi connectivity index (χ2n) is 6.61. The van der Waals surface area contributed by atoms with Crippen LogP contribution < -0.4 is 14.8 Å². The van der Waals surface area contributed by atoms with E-state index in [4.69, 9.17) is 4.74 Å². The van der Waals surface area contributed by atoms with Crippen LogP contribution in [0.15, 0.2) is 42.5 Å². The number of benzene rings is 2. The van der Waals surface area contributed by atoms with Gasteiger partial charge in [-0.1, -0.05) is 18.2 Å². The highest BCUT2D eigenvalue weighted by molar-refractivity contribution is 5.98. The van der Waals surface area contributed by atoms with Gasteiger partial charge < -0.3 is 19.7 Å². The molecule has 30 heavy (non-hydrogen) atoms. The number of nitrogens with one attached hydrogen (secondary N) is 1. The van der Waals surface area contributed by atoms with Crippen LogP contribution in [0.2, 0.25) is 0 Å². The first-order valence-electron chi connectivity index (χ1n) is 9.13. The molecule has 2 amide bonds. The Morgan fingerprint density at radius 3 is 2.57 bits per heavy atom. The molecule has 0 bridgehead atoms. The van der Waals surface area contributed by atoms with Crippen molar-refractivity contribution in [2.75, 3.05) is 26.0 Å². The lowest BCUT2D eigenvalue weighted by atomic mass is 10.1. The zero-order valence-electron chi connectivity index (χ0n) is 17.2. The van der Waals surface area contributed by atoms with E-state index >= 15 is 0 Å². The van der Waals surface area contributed by atoms with Crippen molar-refractivity contribution >= 4 is 23.6 Å². The molecule has 0 aromatic heterocycles. The summed E-state index contributed by atoms with van der Waals surface area (Å²) in [5, 5.41) is 2.80. The number of likely N-dealkylation sites (N-methyl/N-ethyl adjacent to an activating group) is 1. The predicted molar refractivity (Wildman–Crippen MR) is 111 cm³/mol. The van der Waals surface area contributed by atoms with Gasteiger partial charge in [-0.3, -0.25) is 9.59 Å². The fourth-order valence-corrected chi connectivity index (χ4v) is 2.65. The number of carbonyl (C=O) groups excluding carboxylic acids is 2. The predicted octanol–water partition coefficient (Wildman–Crippen LogP) is 4.02. The first kappa shape index (κ1) is 22.9. The van der Waals surface area contributed by atoms with Gasteiger partial charge in [0.25, 0.3) is 0 Å². The fraction of sp³-hybridized carbons (Fsp3) is 0.273. The number of carbonyl (C=O) groups is 2. The molecule has 0 saturated carbocycles. The lowest BCUT2D eigenvalue weighted by Crippen LogP contribution is -2.34. The number of methoxy groups -OCH3 is 1. The molecule has 0 heterocycles. The number of aryl methyl sites for hydroxylation is 1. The molecule has 0 spiro atoms. The minimum Gasteiger partial charge on any atom is -0.493 e. The van der Waals surface area contributed by atoms with Crippen molar-refractivity contribution in [3.63, 3.8) is 0 Å². The zero-order valence-corrected chi connectivity index (χ0v) is 17.2. The zero-order chi connectivity index (χ0) is 22.3. The quantitative estimate of drug-likeness (QED) is 0.658. The second kappa shape index (κ2) is 10.4. The summed E-state index contributed by atoms with van der Waals surface area (Å²) in [5.41, 5.74) is 3.28. The minimum atomic E-state index is -2.97. The summed E-state index contributed by atoms with van der Waals surface area (Å²) in [6.45, 7) is 0.771. The number of alkyl halides is 2. The average Bonchev–Trinajstić information content (AvgIpc) is 2.69. The molecule has 2 rings (SSSR count). The van der Waals surface area contributed by atoms with Gasteiger partial charge in [0.1, 0.15) is 0 Å². The highest BCUT2D eigenvalue weighted by Crippen LogP contribution is 2.29. The van der Waals surface area contributed by atoms with Gasteiger partial charge in [0.2, 0.25) is 11.8 Å². The van der Waals surface area contributed by atoms with Crippen LogP contribution in [0.4, 0.5) is 14.5 Å². The molecule has 1 N–H and O–H groups in total. The number of hydrogen-bond donors (Lipinski definition) is 1. The summed E-state index contributed by atoms with van der Waals surface area (Å²) in [6, 6.07) is 9.91. The fourth-order valence-electron chi connectivity index (χ4n) is 2.65. The maximum atomic E-state index is 12.4. The van der Waals surface area contributed by atoms with Crippen molar-refractivity contribution in [3.8, 4) is 11.5 Å². The molecule has 0 unspecified atom stereocenters. The van der Waals surface area contributed by atoms with Gasteiger partial charge in [-0.25, -0.2) is 0 Å². The van der Waals surface area contributed by atoms with Crippen molar-refractivity contribution < 1.29 is 27.8 Å². The van der Waals surface area contributed by atoms with E-state index in [2.05, 4.69) is 10.1 Å². The Kier molecular flexibility index (Phi) is 7.91. The first-order chi connectivity index (χ1) is 14.2. The molecule has 0 atom stereocenters. The number of anilines is 1. The summed E-state index contributed by atoms with van der Waals surface area (Å²) in [4.78, 5) is 25.8. The monoisotopic (exact) mass is 418 g/mol. The van der Waals surface area contributed by atoms with Gasteiger partial charge in [0.05, 0.1) is 13.7 Å². The maximum absolute atomic E-state index is 12.4. The number of halogens is 2. The SMILES string of the molecule is COc1cc(/C=C/C(=O)N(C)CC(=O)Nc2cccc(C)c2C)ccc1OC(F)F. The molecule has 0 saturated heterocycles. The summed E-state index contributed by atoms with van der Waals surface area (Å²) >= 11 is 0. The van der Waals surface area contributed by atoms with Crippen LogP contribution in [0.5, 0.6) is 11.5 Å². The van der Waals surface area contributed by atoms with Gasteiger partial charge in [-0.2, -0.15) is 8.78 Å². The number of rotatable bonds is 8. The second-order valence-corrected chi connectivity index (χ2v) is 6.61. The van der Waals surface area contributed by atoms with Crippen molar-refractivity contribution in [3.05, 3.63) is 59.2 Å². The average molecular weight is 418 g/mol. The van der Waals surface area contributed by atoms with Crippen LogP contribution in [-0.4, -0.2) is 44.0 Å². The van der Waals surface area contributed by atoms with Crippen LogP contribution in [0.1, 0.15) is 16.7 Å². The Morgan fingerprint density at radius 1 is 1.17 bits per heavy atom. The standard InChI is InChI=1S/C22H24F2N2O4/c1-14-6-5-7-17(15(14)2)25-20(27)13-26(3)21(28)11-9-16-8-10-18(30-22(23)24)19(12-16)29-4/h5-12,22H,13H2,1-4H3,(H,25,27)/b11-9+. The van der Waals surface area contributed by atoms with Crippen LogP contribution in [-0.2, 0) is 9.59 Å². The van der Waals surface area contributed by atoms with E-state index < -0.39 is 12.5 Å². The molecule has 160 valence electrons. The Hall–Kier alpha value is -3.42. The van der Waals surface area contributed by atoms with Gasteiger partial charge in [0, 0.05) is 18.8 Å². The molecular weight excluding hydrogens is 394 g/mol.